The zero-order valence-corrected chi connectivity index (χ0v) is 19.6. The van der Waals surface area contributed by atoms with E-state index < -0.39 is 18.0 Å². The van der Waals surface area contributed by atoms with Crippen LogP contribution in [-0.2, 0) is 14.3 Å². The summed E-state index contributed by atoms with van der Waals surface area (Å²) >= 11 is 0. The maximum Gasteiger partial charge on any atom is 0.338 e. The van der Waals surface area contributed by atoms with E-state index >= 15 is 0 Å². The van der Waals surface area contributed by atoms with Crippen molar-refractivity contribution in [2.24, 2.45) is 0 Å². The fourth-order valence-electron chi connectivity index (χ4n) is 3.67. The van der Waals surface area contributed by atoms with Gasteiger partial charge in [-0.3, -0.25) is 9.69 Å². The van der Waals surface area contributed by atoms with E-state index in [1.54, 1.807) is 38.3 Å². The molecule has 1 atom stereocenters. The molecule has 1 heterocycles. The van der Waals surface area contributed by atoms with Gasteiger partial charge < -0.3 is 25.4 Å². The molecule has 0 aromatic heterocycles. The maximum absolute atomic E-state index is 12.9. The first-order valence-corrected chi connectivity index (χ1v) is 11.1. The lowest BCUT2D eigenvalue weighted by molar-refractivity contribution is -0.139. The highest BCUT2D eigenvalue weighted by Gasteiger charge is 2.34. The summed E-state index contributed by atoms with van der Waals surface area (Å²) in [5.41, 5.74) is 2.14. The van der Waals surface area contributed by atoms with Crippen molar-refractivity contribution in [3.8, 4) is 5.75 Å². The molecule has 2 aromatic carbocycles. The van der Waals surface area contributed by atoms with Gasteiger partial charge in [0.1, 0.15) is 5.75 Å². The number of carbonyl (C=O) groups is 3. The average Bonchev–Trinajstić information content (AvgIpc) is 2.84. The topological polar surface area (TPSA) is 109 Å². The summed E-state index contributed by atoms with van der Waals surface area (Å²) in [6.45, 7) is 4.62. The molecular formula is C25H30N4O5. The zero-order chi connectivity index (χ0) is 24.5. The predicted molar refractivity (Wildman–Crippen MR) is 128 cm³/mol. The molecular weight excluding hydrogens is 436 g/mol. The number of benzene rings is 2. The van der Waals surface area contributed by atoms with Gasteiger partial charge in [-0.15, -0.1) is 0 Å². The Morgan fingerprint density at radius 2 is 1.76 bits per heavy atom. The molecule has 9 heteroatoms. The van der Waals surface area contributed by atoms with Crippen molar-refractivity contribution in [3.63, 3.8) is 0 Å². The number of nitrogens with one attached hydrogen (secondary N) is 3. The predicted octanol–water partition coefficient (Wildman–Crippen LogP) is 2.83. The van der Waals surface area contributed by atoms with Crippen LogP contribution in [-0.4, -0.2) is 56.2 Å². The van der Waals surface area contributed by atoms with E-state index in [1.807, 2.05) is 42.2 Å². The zero-order valence-electron chi connectivity index (χ0n) is 19.6. The fourth-order valence-corrected chi connectivity index (χ4v) is 3.67. The second-order valence-electron chi connectivity index (χ2n) is 7.63. The molecule has 0 bridgehead atoms. The Balaban J connectivity index is 1.81. The third kappa shape index (κ3) is 6.35. The number of methoxy groups -OCH3 is 1. The molecule has 3 N–H and O–H groups in total. The van der Waals surface area contributed by atoms with Gasteiger partial charge in [-0.05, 0) is 43.3 Å². The molecule has 0 fully saturated rings. The molecule has 0 radical (unpaired) electrons. The molecule has 1 aliphatic heterocycles. The number of likely N-dealkylation sites (N-methyl/N-ethyl adjacent to an activating group) is 1. The number of urea groups is 1. The quantitative estimate of drug-likeness (QED) is 0.465. The van der Waals surface area contributed by atoms with E-state index in [0.29, 0.717) is 29.3 Å². The van der Waals surface area contributed by atoms with Crippen LogP contribution in [0.3, 0.4) is 0 Å². The van der Waals surface area contributed by atoms with Gasteiger partial charge >= 0.3 is 12.0 Å². The van der Waals surface area contributed by atoms with Crippen LogP contribution in [0.5, 0.6) is 5.75 Å². The molecule has 0 spiro atoms. The van der Waals surface area contributed by atoms with Crippen LogP contribution in [0.15, 0.2) is 65.9 Å². The van der Waals surface area contributed by atoms with Gasteiger partial charge in [0.2, 0.25) is 5.91 Å². The molecule has 3 rings (SSSR count). The van der Waals surface area contributed by atoms with Gasteiger partial charge in [0.25, 0.3) is 0 Å². The molecule has 34 heavy (non-hydrogen) atoms. The number of carbonyl (C=O) groups excluding carboxylic acids is 3. The number of esters is 1. The van der Waals surface area contributed by atoms with Crippen LogP contribution in [0.4, 0.5) is 10.5 Å². The Morgan fingerprint density at radius 3 is 2.38 bits per heavy atom. The third-order valence-corrected chi connectivity index (χ3v) is 5.35. The minimum Gasteiger partial charge on any atom is -0.497 e. The molecule has 3 amide bonds. The van der Waals surface area contributed by atoms with Crippen molar-refractivity contribution in [2.75, 3.05) is 38.7 Å². The molecule has 1 unspecified atom stereocenters. The van der Waals surface area contributed by atoms with Crippen LogP contribution in [0.1, 0.15) is 25.5 Å². The molecule has 0 saturated heterocycles. The van der Waals surface area contributed by atoms with Crippen LogP contribution >= 0.6 is 0 Å². The minimum atomic E-state index is -0.657. The van der Waals surface area contributed by atoms with Crippen LogP contribution < -0.4 is 20.7 Å². The number of rotatable bonds is 10. The number of hydrogen-bond acceptors (Lipinski definition) is 6. The normalized spacial score (nSPS) is 15.4. The molecule has 2 aromatic rings. The lowest BCUT2D eigenvalue weighted by atomic mass is 9.95. The third-order valence-electron chi connectivity index (χ3n) is 5.35. The number of nitrogens with zero attached hydrogens (tertiary/aromatic N) is 1. The Bertz CT molecular complexity index is 1040. The SMILES string of the molecule is CCOC(=O)C1=C(CN(CC)CC(=O)Nc2ccc(OC)cc2)NC(=O)NC1c1ccccc1. The van der Waals surface area contributed by atoms with Crippen LogP contribution in [0, 0.1) is 0 Å². The standard InChI is InChI=1S/C25H30N4O5/c1-4-29(16-21(30)26-18-11-13-19(33-3)14-12-18)15-20-22(24(31)34-5-2)23(28-25(32)27-20)17-9-7-6-8-10-17/h6-14,23H,4-5,15-16H2,1-3H3,(H,26,30)(H2,27,28,32). The second-order valence-corrected chi connectivity index (χ2v) is 7.63. The lowest BCUT2D eigenvalue weighted by Gasteiger charge is -2.31. The number of ether oxygens (including phenoxy) is 2. The summed E-state index contributed by atoms with van der Waals surface area (Å²) in [5, 5.41) is 8.41. The summed E-state index contributed by atoms with van der Waals surface area (Å²) in [7, 11) is 1.58. The van der Waals surface area contributed by atoms with Gasteiger partial charge in [0.15, 0.2) is 0 Å². The van der Waals surface area contributed by atoms with Crippen LogP contribution in [0.2, 0.25) is 0 Å². The van der Waals surface area contributed by atoms with Crippen molar-refractivity contribution >= 4 is 23.6 Å². The number of hydrogen-bond donors (Lipinski definition) is 3. The van der Waals surface area contributed by atoms with Gasteiger partial charge in [0.05, 0.1) is 31.9 Å². The summed E-state index contributed by atoms with van der Waals surface area (Å²) in [5.74, 6) is -0.0380. The average molecular weight is 467 g/mol. The molecule has 9 nitrogen and oxygen atoms in total. The maximum atomic E-state index is 12.9. The summed E-state index contributed by atoms with van der Waals surface area (Å²) < 4.78 is 10.4. The smallest absolute Gasteiger partial charge is 0.338 e. The summed E-state index contributed by atoms with van der Waals surface area (Å²) in [6.07, 6.45) is 0. The van der Waals surface area contributed by atoms with Crippen LogP contribution in [0.25, 0.3) is 0 Å². The largest absolute Gasteiger partial charge is 0.497 e. The van der Waals surface area contributed by atoms with Crippen molar-refractivity contribution in [1.29, 1.82) is 0 Å². The van der Waals surface area contributed by atoms with Gasteiger partial charge in [0, 0.05) is 17.9 Å². The Labute approximate surface area is 199 Å². The number of anilines is 1. The van der Waals surface area contributed by atoms with Crippen molar-refractivity contribution in [1.82, 2.24) is 15.5 Å². The fraction of sp³-hybridized carbons (Fsp3) is 0.320. The van der Waals surface area contributed by atoms with Gasteiger partial charge in [-0.2, -0.15) is 0 Å². The van der Waals surface area contributed by atoms with E-state index in [1.165, 1.54) is 0 Å². The highest BCUT2D eigenvalue weighted by molar-refractivity contribution is 5.95. The molecule has 0 aliphatic carbocycles. The van der Waals surface area contributed by atoms with E-state index in [2.05, 4.69) is 16.0 Å². The van der Waals surface area contributed by atoms with E-state index in [-0.39, 0.29) is 25.6 Å². The highest BCUT2D eigenvalue weighted by atomic mass is 16.5. The van der Waals surface area contributed by atoms with Crippen molar-refractivity contribution < 1.29 is 23.9 Å². The Hall–Kier alpha value is -3.85. The van der Waals surface area contributed by atoms with Gasteiger partial charge in [-0.25, -0.2) is 9.59 Å². The lowest BCUT2D eigenvalue weighted by Crippen LogP contribution is -2.49. The Kier molecular flexibility index (Phi) is 8.64. The van der Waals surface area contributed by atoms with E-state index in [0.717, 1.165) is 5.56 Å². The first-order valence-electron chi connectivity index (χ1n) is 11.1. The minimum absolute atomic E-state index is 0.0709. The number of amides is 3. The first-order chi connectivity index (χ1) is 16.4. The molecule has 180 valence electrons. The molecule has 1 aliphatic rings. The summed E-state index contributed by atoms with van der Waals surface area (Å²) in [6, 6.07) is 15.2. The van der Waals surface area contributed by atoms with Gasteiger partial charge in [-0.1, -0.05) is 37.3 Å². The molecule has 0 saturated carbocycles. The van der Waals surface area contributed by atoms with E-state index in [9.17, 15) is 14.4 Å². The van der Waals surface area contributed by atoms with E-state index in [4.69, 9.17) is 9.47 Å². The summed E-state index contributed by atoms with van der Waals surface area (Å²) in [4.78, 5) is 39.8. The Morgan fingerprint density at radius 1 is 1.06 bits per heavy atom. The highest BCUT2D eigenvalue weighted by Crippen LogP contribution is 2.28. The van der Waals surface area contributed by atoms with Crippen molar-refractivity contribution in [3.05, 3.63) is 71.4 Å². The first kappa shape index (κ1) is 24.8. The monoisotopic (exact) mass is 466 g/mol. The second kappa shape index (κ2) is 11.9. The van der Waals surface area contributed by atoms with Crippen molar-refractivity contribution in [2.45, 2.75) is 19.9 Å².